The van der Waals surface area contributed by atoms with Crippen molar-refractivity contribution in [3.05, 3.63) is 0 Å². The lowest BCUT2D eigenvalue weighted by atomic mass is 10.00. The first-order valence-electron chi connectivity index (χ1n) is 7.31. The maximum atomic E-state index is 11.8. The summed E-state index contributed by atoms with van der Waals surface area (Å²) in [5.41, 5.74) is 5.98. The molecule has 4 heteroatoms. The summed E-state index contributed by atoms with van der Waals surface area (Å²) in [6.45, 7) is 9.22. The summed E-state index contributed by atoms with van der Waals surface area (Å²) in [5, 5.41) is 3.01. The van der Waals surface area contributed by atoms with Crippen LogP contribution in [0.3, 0.4) is 0 Å². The number of amides is 1. The number of carbonyl (C=O) groups excluding carboxylic acids is 1. The van der Waals surface area contributed by atoms with E-state index in [0.29, 0.717) is 18.4 Å². The van der Waals surface area contributed by atoms with Crippen LogP contribution in [-0.4, -0.2) is 42.5 Å². The molecule has 0 heterocycles. The first kappa shape index (κ1) is 15.4. The smallest absolute Gasteiger partial charge is 0.220 e. The fraction of sp³-hybridized carbons (Fsp3) is 0.929. The molecule has 0 aliphatic heterocycles. The molecule has 1 aliphatic rings. The maximum absolute atomic E-state index is 11.8. The van der Waals surface area contributed by atoms with E-state index in [2.05, 4.69) is 31.0 Å². The van der Waals surface area contributed by atoms with E-state index in [0.717, 1.165) is 32.5 Å². The van der Waals surface area contributed by atoms with E-state index in [1.807, 2.05) is 0 Å². The van der Waals surface area contributed by atoms with Gasteiger partial charge >= 0.3 is 0 Å². The van der Waals surface area contributed by atoms with Gasteiger partial charge in [0.15, 0.2) is 0 Å². The van der Waals surface area contributed by atoms with Crippen LogP contribution in [0.4, 0.5) is 0 Å². The van der Waals surface area contributed by atoms with Gasteiger partial charge in [-0.15, -0.1) is 0 Å². The first-order chi connectivity index (χ1) is 8.54. The molecule has 1 amide bonds. The van der Waals surface area contributed by atoms with Crippen LogP contribution in [0.25, 0.3) is 0 Å². The number of carbonyl (C=O) groups is 1. The third-order valence-corrected chi connectivity index (χ3v) is 4.02. The minimum absolute atomic E-state index is 0.164. The largest absolute Gasteiger partial charge is 0.355 e. The average molecular weight is 255 g/mol. The first-order valence-corrected chi connectivity index (χ1v) is 7.31. The monoisotopic (exact) mass is 255 g/mol. The summed E-state index contributed by atoms with van der Waals surface area (Å²) >= 11 is 0. The second kappa shape index (κ2) is 7.74. The molecule has 1 saturated carbocycles. The van der Waals surface area contributed by atoms with Crippen molar-refractivity contribution < 1.29 is 4.79 Å². The van der Waals surface area contributed by atoms with E-state index in [1.54, 1.807) is 0 Å². The Morgan fingerprint density at radius 3 is 2.67 bits per heavy atom. The molecule has 0 aromatic carbocycles. The van der Waals surface area contributed by atoms with Crippen molar-refractivity contribution in [3.63, 3.8) is 0 Å². The van der Waals surface area contributed by atoms with Crippen molar-refractivity contribution in [3.8, 4) is 0 Å². The Bertz CT molecular complexity index is 255. The number of nitrogens with one attached hydrogen (secondary N) is 1. The highest BCUT2D eigenvalue weighted by Gasteiger charge is 2.25. The van der Waals surface area contributed by atoms with E-state index in [9.17, 15) is 4.79 Å². The van der Waals surface area contributed by atoms with Gasteiger partial charge in [0.05, 0.1) is 0 Å². The zero-order valence-corrected chi connectivity index (χ0v) is 12.1. The number of hydrogen-bond acceptors (Lipinski definition) is 3. The Morgan fingerprint density at radius 1 is 1.44 bits per heavy atom. The molecule has 2 atom stereocenters. The second-order valence-corrected chi connectivity index (χ2v) is 5.63. The molecule has 1 rings (SSSR count). The lowest BCUT2D eigenvalue weighted by molar-refractivity contribution is -0.122. The molecular formula is C14H29N3O. The molecule has 0 saturated heterocycles. The molecule has 4 nitrogen and oxygen atoms in total. The average Bonchev–Trinajstić information content (AvgIpc) is 2.70. The van der Waals surface area contributed by atoms with Gasteiger partial charge in [0.1, 0.15) is 0 Å². The highest BCUT2D eigenvalue weighted by Crippen LogP contribution is 2.26. The number of rotatable bonds is 7. The van der Waals surface area contributed by atoms with Gasteiger partial charge in [-0.1, -0.05) is 13.3 Å². The molecule has 1 aliphatic carbocycles. The number of nitrogens with two attached hydrogens (primary N) is 1. The third-order valence-electron chi connectivity index (χ3n) is 4.02. The highest BCUT2D eigenvalue weighted by molar-refractivity contribution is 5.76. The fourth-order valence-electron chi connectivity index (χ4n) is 2.75. The Hall–Kier alpha value is -0.610. The standard InChI is InChI=1S/C14H29N3O/c1-4-17(11(2)3)9-8-16-14(18)10-12-6-5-7-13(12)15/h11-13H,4-10,15H2,1-3H3,(H,16,18)/t12-,13+/m0/s1. The maximum Gasteiger partial charge on any atom is 0.220 e. The number of hydrogen-bond donors (Lipinski definition) is 2. The normalized spacial score (nSPS) is 23.9. The molecule has 0 spiro atoms. The molecule has 0 aromatic heterocycles. The molecule has 3 N–H and O–H groups in total. The van der Waals surface area contributed by atoms with Crippen LogP contribution in [0.1, 0.15) is 46.5 Å². The summed E-state index contributed by atoms with van der Waals surface area (Å²) < 4.78 is 0. The van der Waals surface area contributed by atoms with E-state index >= 15 is 0 Å². The van der Waals surface area contributed by atoms with Gasteiger partial charge < -0.3 is 11.1 Å². The second-order valence-electron chi connectivity index (χ2n) is 5.63. The quantitative estimate of drug-likeness (QED) is 0.722. The molecule has 0 unspecified atom stereocenters. The number of nitrogens with zero attached hydrogens (tertiary/aromatic N) is 1. The lowest BCUT2D eigenvalue weighted by Gasteiger charge is -2.24. The minimum atomic E-state index is 0.164. The predicted molar refractivity (Wildman–Crippen MR) is 75.3 cm³/mol. The van der Waals surface area contributed by atoms with Gasteiger partial charge in [0.2, 0.25) is 5.91 Å². The van der Waals surface area contributed by atoms with Crippen LogP contribution in [0.5, 0.6) is 0 Å². The van der Waals surface area contributed by atoms with E-state index in [1.165, 1.54) is 6.42 Å². The summed E-state index contributed by atoms with van der Waals surface area (Å²) in [4.78, 5) is 14.1. The lowest BCUT2D eigenvalue weighted by Crippen LogP contribution is -2.39. The van der Waals surface area contributed by atoms with Crippen LogP contribution in [0.15, 0.2) is 0 Å². The molecule has 18 heavy (non-hydrogen) atoms. The minimum Gasteiger partial charge on any atom is -0.355 e. The van der Waals surface area contributed by atoms with Crippen LogP contribution in [0.2, 0.25) is 0 Å². The van der Waals surface area contributed by atoms with Crippen molar-refractivity contribution in [1.82, 2.24) is 10.2 Å². The van der Waals surface area contributed by atoms with Crippen LogP contribution >= 0.6 is 0 Å². The van der Waals surface area contributed by atoms with Crippen LogP contribution in [0, 0.1) is 5.92 Å². The van der Waals surface area contributed by atoms with Gasteiger partial charge in [-0.25, -0.2) is 0 Å². The third kappa shape index (κ3) is 4.94. The molecular weight excluding hydrogens is 226 g/mol. The molecule has 106 valence electrons. The van der Waals surface area contributed by atoms with Gasteiger partial charge in [-0.05, 0) is 39.2 Å². The van der Waals surface area contributed by atoms with Crippen molar-refractivity contribution >= 4 is 5.91 Å². The summed E-state index contributed by atoms with van der Waals surface area (Å²) in [7, 11) is 0. The fourth-order valence-corrected chi connectivity index (χ4v) is 2.75. The van der Waals surface area contributed by atoms with Crippen LogP contribution < -0.4 is 11.1 Å². The summed E-state index contributed by atoms with van der Waals surface area (Å²) in [6, 6.07) is 0.772. The van der Waals surface area contributed by atoms with Gasteiger partial charge in [0, 0.05) is 31.6 Å². The van der Waals surface area contributed by atoms with E-state index in [-0.39, 0.29) is 11.9 Å². The van der Waals surface area contributed by atoms with Crippen molar-refractivity contribution in [2.24, 2.45) is 11.7 Å². The zero-order chi connectivity index (χ0) is 13.5. The van der Waals surface area contributed by atoms with Crippen molar-refractivity contribution in [2.75, 3.05) is 19.6 Å². The zero-order valence-electron chi connectivity index (χ0n) is 12.1. The Morgan fingerprint density at radius 2 is 2.17 bits per heavy atom. The van der Waals surface area contributed by atoms with Crippen LogP contribution in [-0.2, 0) is 4.79 Å². The van der Waals surface area contributed by atoms with E-state index < -0.39 is 0 Å². The number of likely N-dealkylation sites (N-methyl/N-ethyl adjacent to an activating group) is 1. The summed E-state index contributed by atoms with van der Waals surface area (Å²) in [5.74, 6) is 0.564. The van der Waals surface area contributed by atoms with Gasteiger partial charge in [-0.3, -0.25) is 9.69 Å². The summed E-state index contributed by atoms with van der Waals surface area (Å²) in [6.07, 6.45) is 3.97. The Kier molecular flexibility index (Phi) is 6.65. The highest BCUT2D eigenvalue weighted by atomic mass is 16.1. The van der Waals surface area contributed by atoms with Crippen molar-refractivity contribution in [2.45, 2.75) is 58.5 Å². The molecule has 0 aromatic rings. The van der Waals surface area contributed by atoms with Gasteiger partial charge in [0.25, 0.3) is 0 Å². The predicted octanol–water partition coefficient (Wildman–Crippen LogP) is 1.35. The molecule has 1 fully saturated rings. The molecule has 0 bridgehead atoms. The van der Waals surface area contributed by atoms with E-state index in [4.69, 9.17) is 5.73 Å². The topological polar surface area (TPSA) is 58.4 Å². The van der Waals surface area contributed by atoms with Gasteiger partial charge in [-0.2, -0.15) is 0 Å². The SMILES string of the molecule is CCN(CCNC(=O)C[C@@H]1CCC[C@H]1N)C(C)C. The molecule has 0 radical (unpaired) electrons. The Labute approximate surface area is 111 Å². The Balaban J connectivity index is 2.17. The van der Waals surface area contributed by atoms with Crippen molar-refractivity contribution in [1.29, 1.82) is 0 Å².